The predicted octanol–water partition coefficient (Wildman–Crippen LogP) is 4.48. The number of anilines is 1. The minimum atomic E-state index is -0.288. The van der Waals surface area contributed by atoms with Gasteiger partial charge in [-0.15, -0.1) is 0 Å². The zero-order valence-corrected chi connectivity index (χ0v) is 25.8. The lowest BCUT2D eigenvalue weighted by molar-refractivity contribution is -0.128. The van der Waals surface area contributed by atoms with Crippen molar-refractivity contribution in [2.75, 3.05) is 44.7 Å². The van der Waals surface area contributed by atoms with Gasteiger partial charge in [0.1, 0.15) is 23.6 Å². The number of hydrogen-bond acceptors (Lipinski definition) is 9. The summed E-state index contributed by atoms with van der Waals surface area (Å²) in [6.07, 6.45) is 10.2. The minimum absolute atomic E-state index is 0.143. The highest BCUT2D eigenvalue weighted by Crippen LogP contribution is 2.58. The first-order chi connectivity index (χ1) is 22.0. The topological polar surface area (TPSA) is 108 Å². The molecule has 2 saturated heterocycles. The molecule has 1 amide bonds. The lowest BCUT2D eigenvalue weighted by Gasteiger charge is -2.41. The van der Waals surface area contributed by atoms with Crippen LogP contribution in [0.1, 0.15) is 55.6 Å². The van der Waals surface area contributed by atoms with Gasteiger partial charge in [-0.25, -0.2) is 0 Å². The van der Waals surface area contributed by atoms with E-state index in [1.54, 1.807) is 4.90 Å². The number of nitrogens with zero attached hydrogens (tertiary/aromatic N) is 7. The monoisotopic (exact) mass is 605 g/mol. The molecule has 2 unspecified atom stereocenters. The Bertz CT molecular complexity index is 1720. The van der Waals surface area contributed by atoms with Crippen LogP contribution in [-0.2, 0) is 11.2 Å². The van der Waals surface area contributed by atoms with Gasteiger partial charge in [0, 0.05) is 37.4 Å². The molecule has 10 heteroatoms. The summed E-state index contributed by atoms with van der Waals surface area (Å²) in [5.41, 5.74) is 5.53. The second-order valence-corrected chi connectivity index (χ2v) is 13.3. The minimum Gasteiger partial charge on any atom is -0.486 e. The fourth-order valence-electron chi connectivity index (χ4n) is 7.60. The second-order valence-electron chi connectivity index (χ2n) is 13.3. The predicted molar refractivity (Wildman–Crippen MR) is 170 cm³/mol. The molecule has 0 radical (unpaired) electrons. The van der Waals surface area contributed by atoms with Gasteiger partial charge >= 0.3 is 6.01 Å². The van der Waals surface area contributed by atoms with E-state index in [9.17, 15) is 10.1 Å². The molecule has 3 aliphatic carbocycles. The highest BCUT2D eigenvalue weighted by molar-refractivity contribution is 5.97. The van der Waals surface area contributed by atoms with E-state index in [2.05, 4.69) is 47.7 Å². The summed E-state index contributed by atoms with van der Waals surface area (Å²) < 4.78 is 13.1. The van der Waals surface area contributed by atoms with Gasteiger partial charge in [0.2, 0.25) is 5.91 Å². The van der Waals surface area contributed by atoms with Gasteiger partial charge in [-0.2, -0.15) is 15.2 Å². The van der Waals surface area contributed by atoms with Gasteiger partial charge in [0.25, 0.3) is 0 Å². The van der Waals surface area contributed by atoms with E-state index in [0.717, 1.165) is 61.2 Å². The van der Waals surface area contributed by atoms with Gasteiger partial charge in [-0.1, -0.05) is 24.8 Å². The SMILES string of the molecule is C=CC(=O)N1CCN(c2nc(OC[C@@H]3CCCN3C)nc3c(OC4CC4)c(-c4cccc5c4CC4CC54)ncc23)C[C@@H]1CC#N. The molecular formula is C35H39N7O3. The third-order valence-corrected chi connectivity index (χ3v) is 10.4. The van der Waals surface area contributed by atoms with Gasteiger partial charge in [0.05, 0.1) is 30.0 Å². The highest BCUT2D eigenvalue weighted by atomic mass is 16.5. The smallest absolute Gasteiger partial charge is 0.319 e. The Kier molecular flexibility index (Phi) is 7.09. The van der Waals surface area contributed by atoms with E-state index in [0.29, 0.717) is 61.3 Å². The van der Waals surface area contributed by atoms with Crippen molar-refractivity contribution < 1.29 is 14.3 Å². The number of piperazine rings is 1. The average molecular weight is 606 g/mol. The van der Waals surface area contributed by atoms with Gasteiger partial charge in [-0.3, -0.25) is 9.78 Å². The van der Waals surface area contributed by atoms with Crippen LogP contribution in [-0.4, -0.2) is 88.7 Å². The Balaban J connectivity index is 1.24. The number of nitriles is 1. The maximum atomic E-state index is 12.6. The summed E-state index contributed by atoms with van der Waals surface area (Å²) in [5, 5.41) is 10.4. The van der Waals surface area contributed by atoms with Crippen LogP contribution >= 0.6 is 0 Å². The molecule has 8 rings (SSSR count). The number of hydrogen-bond donors (Lipinski definition) is 0. The van der Waals surface area contributed by atoms with E-state index in [4.69, 9.17) is 24.4 Å². The van der Waals surface area contributed by atoms with Gasteiger partial charge in [-0.05, 0) is 81.2 Å². The average Bonchev–Trinajstić information content (AvgIpc) is 3.97. The zero-order chi connectivity index (χ0) is 30.7. The normalized spacial score (nSPS) is 25.5. The van der Waals surface area contributed by atoms with E-state index < -0.39 is 0 Å². The largest absolute Gasteiger partial charge is 0.486 e. The molecule has 4 heterocycles. The number of carbonyl (C=O) groups excluding carboxylic acids is 1. The van der Waals surface area contributed by atoms with Crippen LogP contribution in [0.4, 0.5) is 5.82 Å². The van der Waals surface area contributed by atoms with Crippen molar-refractivity contribution in [1.29, 1.82) is 5.26 Å². The molecule has 1 aromatic carbocycles. The second kappa shape index (κ2) is 11.3. The Labute approximate surface area is 263 Å². The molecule has 0 bridgehead atoms. The first-order valence-electron chi connectivity index (χ1n) is 16.4. The number of carbonyl (C=O) groups is 1. The molecule has 2 aromatic heterocycles. The molecule has 3 aromatic rings. The summed E-state index contributed by atoms with van der Waals surface area (Å²) in [6.45, 7) is 6.70. The lowest BCUT2D eigenvalue weighted by atomic mass is 9.96. The molecule has 4 atom stereocenters. The zero-order valence-electron chi connectivity index (χ0n) is 25.8. The summed E-state index contributed by atoms with van der Waals surface area (Å²) in [5.74, 6) is 2.67. The Morgan fingerprint density at radius 2 is 2.07 bits per heavy atom. The number of amides is 1. The third-order valence-electron chi connectivity index (χ3n) is 10.4. The van der Waals surface area contributed by atoms with Crippen LogP contribution in [0.25, 0.3) is 22.2 Å². The third kappa shape index (κ3) is 5.17. The summed E-state index contributed by atoms with van der Waals surface area (Å²) in [7, 11) is 2.13. The maximum absolute atomic E-state index is 12.6. The molecule has 2 aliphatic heterocycles. The van der Waals surface area contributed by atoms with Crippen molar-refractivity contribution in [3.63, 3.8) is 0 Å². The molecule has 5 aliphatic rings. The molecule has 4 fully saturated rings. The Hall–Kier alpha value is -4.23. The number of likely N-dealkylation sites (tertiary alicyclic amines) is 1. The molecule has 45 heavy (non-hydrogen) atoms. The number of aromatic nitrogens is 3. The molecule has 0 spiro atoms. The standard InChI is InChI=1S/C35H39N7O3/c1-3-30(43)42-15-14-41(19-22(42)11-12-36)34-29-18-37-31(26-8-4-7-25-27-16-21(27)17-28(25)26)33(45-24-9-10-24)32(29)38-35(39-34)44-20-23-6-5-13-40(23)2/h3-4,7-8,18,21-24,27H,1,5-6,9-11,13-17,19-20H2,2H3/t21?,22-,23-,27?/m0/s1. The Morgan fingerprint density at radius 1 is 1.18 bits per heavy atom. The number of fused-ring (bicyclic) bond motifs is 4. The molecule has 0 N–H and O–H groups in total. The summed E-state index contributed by atoms with van der Waals surface area (Å²) >= 11 is 0. The molecule has 2 saturated carbocycles. The number of benzene rings is 1. The van der Waals surface area contributed by atoms with Crippen molar-refractivity contribution >= 4 is 22.6 Å². The fourth-order valence-corrected chi connectivity index (χ4v) is 7.60. The number of pyridine rings is 1. The van der Waals surface area contributed by atoms with E-state index in [-0.39, 0.29) is 24.5 Å². The van der Waals surface area contributed by atoms with Crippen molar-refractivity contribution in [2.45, 2.75) is 69.1 Å². The van der Waals surface area contributed by atoms with Gasteiger partial charge < -0.3 is 24.2 Å². The van der Waals surface area contributed by atoms with Crippen LogP contribution < -0.4 is 14.4 Å². The van der Waals surface area contributed by atoms with Gasteiger partial charge in [0.15, 0.2) is 5.75 Å². The van der Waals surface area contributed by atoms with Crippen LogP contribution in [0.5, 0.6) is 11.8 Å². The first kappa shape index (κ1) is 28.3. The van der Waals surface area contributed by atoms with Crippen LogP contribution in [0.15, 0.2) is 37.1 Å². The van der Waals surface area contributed by atoms with Crippen LogP contribution in [0.2, 0.25) is 0 Å². The summed E-state index contributed by atoms with van der Waals surface area (Å²) in [6, 6.07) is 9.21. The van der Waals surface area contributed by atoms with Crippen LogP contribution in [0.3, 0.4) is 0 Å². The maximum Gasteiger partial charge on any atom is 0.319 e. The van der Waals surface area contributed by atoms with E-state index in [1.165, 1.54) is 23.6 Å². The Morgan fingerprint density at radius 3 is 2.84 bits per heavy atom. The fraction of sp³-hybridized carbons (Fsp3) is 0.514. The van der Waals surface area contributed by atoms with Crippen molar-refractivity contribution in [2.24, 2.45) is 5.92 Å². The number of rotatable bonds is 9. The van der Waals surface area contributed by atoms with Crippen molar-refractivity contribution in [3.05, 3.63) is 48.2 Å². The van der Waals surface area contributed by atoms with E-state index in [1.807, 2.05) is 6.20 Å². The molecule has 10 nitrogen and oxygen atoms in total. The number of likely N-dealkylation sites (N-methyl/N-ethyl adjacent to an activating group) is 1. The molecule has 232 valence electrons. The summed E-state index contributed by atoms with van der Waals surface area (Å²) in [4.78, 5) is 33.9. The first-order valence-corrected chi connectivity index (χ1v) is 16.4. The quantitative estimate of drug-likeness (QED) is 0.326. The van der Waals surface area contributed by atoms with Crippen molar-refractivity contribution in [3.8, 4) is 29.1 Å². The molecular weight excluding hydrogens is 566 g/mol. The van der Waals surface area contributed by atoms with Crippen molar-refractivity contribution in [1.82, 2.24) is 24.8 Å². The number of ether oxygens (including phenoxy) is 2. The highest BCUT2D eigenvalue weighted by Gasteiger charge is 2.46. The lowest BCUT2D eigenvalue weighted by Crippen LogP contribution is -2.55. The van der Waals surface area contributed by atoms with Crippen LogP contribution in [0, 0.1) is 17.2 Å². The van der Waals surface area contributed by atoms with E-state index >= 15 is 0 Å².